The summed E-state index contributed by atoms with van der Waals surface area (Å²) in [6, 6.07) is 5.64. The molecule has 5 N–H and O–H groups in total. The van der Waals surface area contributed by atoms with Crippen molar-refractivity contribution in [2.75, 3.05) is 45.5 Å². The predicted molar refractivity (Wildman–Crippen MR) is 145 cm³/mol. The van der Waals surface area contributed by atoms with Gasteiger partial charge >= 0.3 is 29.8 Å². The maximum atomic E-state index is 12.0. The van der Waals surface area contributed by atoms with Crippen LogP contribution < -0.4 is 0 Å². The molecular weight excluding hydrogens is 546 g/mol. The third-order valence-corrected chi connectivity index (χ3v) is 7.66. The molecule has 0 aliphatic heterocycles. The lowest BCUT2D eigenvalue weighted by Crippen LogP contribution is -2.59. The SMILES string of the molecule is CSc1ccc(CC(CN(CC(=O)O)C2CCCCC2N(CC(=O)O)CC(=O)O)N(CC(=O)O)CC(=O)O)cc1. The molecule has 0 spiro atoms. The Labute approximate surface area is 236 Å². The van der Waals surface area contributed by atoms with Crippen molar-refractivity contribution in [3.63, 3.8) is 0 Å². The van der Waals surface area contributed by atoms with Crippen LogP contribution in [0.4, 0.5) is 0 Å². The van der Waals surface area contributed by atoms with E-state index in [-0.39, 0.29) is 13.0 Å². The van der Waals surface area contributed by atoms with E-state index in [2.05, 4.69) is 0 Å². The topological polar surface area (TPSA) is 196 Å². The van der Waals surface area contributed by atoms with Crippen LogP contribution >= 0.6 is 11.8 Å². The van der Waals surface area contributed by atoms with Gasteiger partial charge in [0.1, 0.15) is 0 Å². The third kappa shape index (κ3) is 11.1. The smallest absolute Gasteiger partial charge is 0.317 e. The van der Waals surface area contributed by atoms with E-state index in [4.69, 9.17) is 0 Å². The maximum absolute atomic E-state index is 12.0. The quantitative estimate of drug-likeness (QED) is 0.153. The first-order valence-electron chi connectivity index (χ1n) is 12.8. The van der Waals surface area contributed by atoms with Crippen molar-refractivity contribution in [3.8, 4) is 0 Å². The second-order valence-electron chi connectivity index (χ2n) is 9.83. The Balaban J connectivity index is 2.49. The number of carboxylic acid groups (broad SMARTS) is 5. The summed E-state index contributed by atoms with van der Waals surface area (Å²) < 4.78 is 0. The standard InChI is InChI=1S/C26H37N3O10S/c1-40-19-8-6-17(7-9-19)10-18(27(12-22(30)31)13-23(32)33)11-28(14-24(34)35)20-4-2-3-5-21(20)29(15-25(36)37)16-26(38)39/h6-9,18,20-21H,2-5,10-16H2,1H3,(H,30,31)(H,32,33)(H,34,35)(H,36,37)(H,38,39). The number of rotatable bonds is 18. The Kier molecular flexibility index (Phi) is 13.3. The predicted octanol–water partition coefficient (Wildman–Crippen LogP) is 0.960. The van der Waals surface area contributed by atoms with E-state index >= 15 is 0 Å². The van der Waals surface area contributed by atoms with Gasteiger partial charge < -0.3 is 25.5 Å². The van der Waals surface area contributed by atoms with Gasteiger partial charge in [0.25, 0.3) is 0 Å². The number of hydrogen-bond acceptors (Lipinski definition) is 9. The minimum Gasteiger partial charge on any atom is -0.480 e. The first-order valence-corrected chi connectivity index (χ1v) is 14.1. The highest BCUT2D eigenvalue weighted by Gasteiger charge is 2.38. The van der Waals surface area contributed by atoms with Gasteiger partial charge in [0.05, 0.1) is 32.7 Å². The van der Waals surface area contributed by atoms with Crippen molar-refractivity contribution in [2.24, 2.45) is 0 Å². The lowest BCUT2D eigenvalue weighted by Gasteiger charge is -2.45. The van der Waals surface area contributed by atoms with Crippen LogP contribution in [-0.4, -0.2) is 134 Å². The minimum absolute atomic E-state index is 0.0215. The molecule has 1 aliphatic carbocycles. The van der Waals surface area contributed by atoms with Crippen LogP contribution in [0.1, 0.15) is 31.2 Å². The largest absolute Gasteiger partial charge is 0.480 e. The van der Waals surface area contributed by atoms with Crippen molar-refractivity contribution < 1.29 is 49.5 Å². The Morgan fingerprint density at radius 1 is 0.725 bits per heavy atom. The van der Waals surface area contributed by atoms with Gasteiger partial charge in [0.15, 0.2) is 0 Å². The summed E-state index contributed by atoms with van der Waals surface area (Å²) in [6.45, 7) is -2.73. The summed E-state index contributed by atoms with van der Waals surface area (Å²) in [6.07, 6.45) is 4.49. The summed E-state index contributed by atoms with van der Waals surface area (Å²) in [7, 11) is 0. The van der Waals surface area contributed by atoms with Gasteiger partial charge in [-0.15, -0.1) is 11.8 Å². The molecular formula is C26H37N3O10S. The first-order chi connectivity index (χ1) is 18.9. The Hall–Kier alpha value is -3.20. The highest BCUT2D eigenvalue weighted by atomic mass is 32.2. The van der Waals surface area contributed by atoms with Crippen molar-refractivity contribution in [1.82, 2.24) is 14.7 Å². The van der Waals surface area contributed by atoms with Crippen molar-refractivity contribution in [3.05, 3.63) is 29.8 Å². The van der Waals surface area contributed by atoms with Gasteiger partial charge in [-0.25, -0.2) is 0 Å². The second kappa shape index (κ2) is 16.2. The van der Waals surface area contributed by atoms with Gasteiger partial charge in [-0.05, 0) is 43.2 Å². The molecule has 3 atom stereocenters. The number of aliphatic carboxylic acids is 5. The van der Waals surface area contributed by atoms with Crippen LogP contribution in [-0.2, 0) is 30.4 Å². The lowest BCUT2D eigenvalue weighted by molar-refractivity contribution is -0.146. The molecule has 0 heterocycles. The fourth-order valence-corrected chi connectivity index (χ4v) is 5.76. The fourth-order valence-electron chi connectivity index (χ4n) is 5.35. The normalized spacial score (nSPS) is 18.1. The Morgan fingerprint density at radius 2 is 1.15 bits per heavy atom. The maximum Gasteiger partial charge on any atom is 0.317 e. The van der Waals surface area contributed by atoms with E-state index in [1.165, 1.54) is 21.6 Å². The number of hydrogen-bond donors (Lipinski definition) is 5. The molecule has 14 heteroatoms. The summed E-state index contributed by atoms with van der Waals surface area (Å²) in [5.74, 6) is -6.07. The van der Waals surface area contributed by atoms with E-state index < -0.39 is 80.7 Å². The minimum atomic E-state index is -1.24. The molecule has 1 saturated carbocycles. The zero-order valence-electron chi connectivity index (χ0n) is 22.3. The van der Waals surface area contributed by atoms with Crippen molar-refractivity contribution in [1.29, 1.82) is 0 Å². The molecule has 40 heavy (non-hydrogen) atoms. The van der Waals surface area contributed by atoms with E-state index in [0.29, 0.717) is 25.7 Å². The average Bonchev–Trinajstić information content (AvgIpc) is 2.86. The zero-order valence-corrected chi connectivity index (χ0v) is 23.2. The number of carboxylic acids is 5. The van der Waals surface area contributed by atoms with Crippen LogP contribution in [0, 0.1) is 0 Å². The second-order valence-corrected chi connectivity index (χ2v) is 10.7. The number of nitrogens with zero attached hydrogens (tertiary/aromatic N) is 3. The number of benzene rings is 1. The highest BCUT2D eigenvalue weighted by molar-refractivity contribution is 7.98. The van der Waals surface area contributed by atoms with Gasteiger partial charge in [-0.1, -0.05) is 25.0 Å². The summed E-state index contributed by atoms with van der Waals surface area (Å²) in [5.41, 5.74) is 0.803. The van der Waals surface area contributed by atoms with Gasteiger partial charge in [0, 0.05) is 29.6 Å². The molecule has 1 aromatic carbocycles. The molecule has 0 radical (unpaired) electrons. The summed E-state index contributed by atoms with van der Waals surface area (Å²) >= 11 is 1.54. The van der Waals surface area contributed by atoms with E-state index in [9.17, 15) is 49.5 Å². The first kappa shape index (κ1) is 33.0. The van der Waals surface area contributed by atoms with E-state index in [1.54, 1.807) is 4.90 Å². The van der Waals surface area contributed by atoms with E-state index in [0.717, 1.165) is 10.5 Å². The van der Waals surface area contributed by atoms with Gasteiger partial charge in [-0.2, -0.15) is 0 Å². The summed E-state index contributed by atoms with van der Waals surface area (Å²) in [5, 5.41) is 47.7. The van der Waals surface area contributed by atoms with Crippen LogP contribution in [0.15, 0.2) is 29.2 Å². The Bertz CT molecular complexity index is 1010. The van der Waals surface area contributed by atoms with Crippen LogP contribution in [0.3, 0.4) is 0 Å². The zero-order chi connectivity index (χ0) is 29.8. The lowest BCUT2D eigenvalue weighted by atomic mass is 9.87. The van der Waals surface area contributed by atoms with Crippen molar-refractivity contribution in [2.45, 2.75) is 55.1 Å². The molecule has 13 nitrogen and oxygen atoms in total. The van der Waals surface area contributed by atoms with Gasteiger partial charge in [0.2, 0.25) is 0 Å². The van der Waals surface area contributed by atoms with Gasteiger partial charge in [-0.3, -0.25) is 38.7 Å². The molecule has 0 saturated heterocycles. The molecule has 1 aromatic rings. The molecule has 1 aliphatic rings. The Morgan fingerprint density at radius 3 is 1.57 bits per heavy atom. The molecule has 3 unspecified atom stereocenters. The average molecular weight is 584 g/mol. The number of thioether (sulfide) groups is 1. The molecule has 222 valence electrons. The fraction of sp³-hybridized carbons (Fsp3) is 0.577. The molecule has 0 aromatic heterocycles. The third-order valence-electron chi connectivity index (χ3n) is 6.92. The van der Waals surface area contributed by atoms with E-state index in [1.807, 2.05) is 30.5 Å². The molecule has 0 amide bonds. The van der Waals surface area contributed by atoms with Crippen LogP contribution in [0.5, 0.6) is 0 Å². The molecule has 1 fully saturated rings. The monoisotopic (exact) mass is 583 g/mol. The number of carbonyl (C=O) groups is 5. The highest BCUT2D eigenvalue weighted by Crippen LogP contribution is 2.28. The molecule has 0 bridgehead atoms. The van der Waals surface area contributed by atoms with Crippen LogP contribution in [0.25, 0.3) is 0 Å². The van der Waals surface area contributed by atoms with Crippen LogP contribution in [0.2, 0.25) is 0 Å². The van der Waals surface area contributed by atoms with Crippen molar-refractivity contribution >= 4 is 41.6 Å². The molecule has 2 rings (SSSR count). The summed E-state index contributed by atoms with van der Waals surface area (Å²) in [4.78, 5) is 63.7.